The Kier molecular flexibility index (Phi) is 10.4. The maximum absolute atomic E-state index is 13.1. The van der Waals surface area contributed by atoms with Crippen LogP contribution in [0.2, 0.25) is 0 Å². The first kappa shape index (κ1) is 23.1. The Bertz CT molecular complexity index is 555. The molecular weight excluding hydrogens is 446 g/mol. The summed E-state index contributed by atoms with van der Waals surface area (Å²) in [4.78, 5) is 9.10. The molecule has 26 heavy (non-hydrogen) atoms. The van der Waals surface area contributed by atoms with Gasteiger partial charge in [-0.15, -0.1) is 24.0 Å². The van der Waals surface area contributed by atoms with Crippen molar-refractivity contribution in [1.29, 1.82) is 0 Å². The number of likely N-dealkylation sites (N-methyl/N-ethyl adjacent to an activating group) is 2. The number of hydrogen-bond donors (Lipinski definition) is 1. The Morgan fingerprint density at radius 2 is 2.12 bits per heavy atom. The summed E-state index contributed by atoms with van der Waals surface area (Å²) in [6.45, 7) is 6.05. The van der Waals surface area contributed by atoms with Crippen LogP contribution in [0.15, 0.2) is 29.3 Å². The first-order valence-electron chi connectivity index (χ1n) is 9.03. The molecular formula is C19H32FIN4O. The monoisotopic (exact) mass is 478 g/mol. The van der Waals surface area contributed by atoms with Crippen LogP contribution in [-0.4, -0.2) is 69.2 Å². The molecule has 2 unspecified atom stereocenters. The average molecular weight is 478 g/mol. The summed E-state index contributed by atoms with van der Waals surface area (Å²) in [6.07, 6.45) is 2.37. The molecule has 5 nitrogen and oxygen atoms in total. The number of hydrogen-bond acceptors (Lipinski definition) is 3. The summed E-state index contributed by atoms with van der Waals surface area (Å²) < 4.78 is 18.6. The fourth-order valence-electron chi connectivity index (χ4n) is 3.50. The third-order valence-corrected chi connectivity index (χ3v) is 4.94. The van der Waals surface area contributed by atoms with Gasteiger partial charge in [-0.3, -0.25) is 9.89 Å². The van der Waals surface area contributed by atoms with Gasteiger partial charge in [0.15, 0.2) is 5.96 Å². The number of methoxy groups -OCH3 is 1. The number of nitrogens with one attached hydrogen (secondary N) is 1. The summed E-state index contributed by atoms with van der Waals surface area (Å²) in [5.41, 5.74) is 0.947. The van der Waals surface area contributed by atoms with Gasteiger partial charge in [0.05, 0.1) is 6.10 Å². The second-order valence-corrected chi connectivity index (χ2v) is 6.51. The molecule has 1 aliphatic rings. The van der Waals surface area contributed by atoms with E-state index in [0.29, 0.717) is 12.6 Å². The molecule has 148 valence electrons. The highest BCUT2D eigenvalue weighted by Crippen LogP contribution is 2.18. The van der Waals surface area contributed by atoms with E-state index in [9.17, 15) is 4.39 Å². The summed E-state index contributed by atoms with van der Waals surface area (Å²) in [5.74, 6) is 0.617. The van der Waals surface area contributed by atoms with Crippen molar-refractivity contribution in [2.24, 2.45) is 4.99 Å². The van der Waals surface area contributed by atoms with Crippen LogP contribution < -0.4 is 5.32 Å². The molecule has 0 aliphatic carbocycles. The fourth-order valence-corrected chi connectivity index (χ4v) is 3.50. The highest BCUT2D eigenvalue weighted by Gasteiger charge is 2.25. The first-order valence-corrected chi connectivity index (χ1v) is 9.03. The van der Waals surface area contributed by atoms with E-state index in [-0.39, 0.29) is 35.9 Å². The maximum Gasteiger partial charge on any atom is 0.193 e. The van der Waals surface area contributed by atoms with Crippen LogP contribution in [0.25, 0.3) is 0 Å². The second-order valence-electron chi connectivity index (χ2n) is 6.51. The molecule has 1 aromatic rings. The molecule has 1 fully saturated rings. The third-order valence-electron chi connectivity index (χ3n) is 4.94. The van der Waals surface area contributed by atoms with Crippen LogP contribution in [0.1, 0.15) is 31.4 Å². The minimum Gasteiger partial charge on any atom is -0.375 e. The number of guanidine groups is 1. The molecule has 0 amide bonds. The molecule has 2 atom stereocenters. The van der Waals surface area contributed by atoms with Gasteiger partial charge in [-0.1, -0.05) is 19.1 Å². The molecule has 1 aromatic carbocycles. The molecule has 0 spiro atoms. The van der Waals surface area contributed by atoms with Crippen molar-refractivity contribution in [2.45, 2.75) is 31.9 Å². The predicted molar refractivity (Wildman–Crippen MR) is 116 cm³/mol. The van der Waals surface area contributed by atoms with Crippen molar-refractivity contribution in [3.8, 4) is 0 Å². The van der Waals surface area contributed by atoms with Gasteiger partial charge in [0, 0.05) is 40.3 Å². The van der Waals surface area contributed by atoms with Gasteiger partial charge in [0.25, 0.3) is 0 Å². The Balaban J connectivity index is 0.00000338. The van der Waals surface area contributed by atoms with Crippen LogP contribution in [0, 0.1) is 5.82 Å². The lowest BCUT2D eigenvalue weighted by Crippen LogP contribution is -2.46. The van der Waals surface area contributed by atoms with Crippen LogP contribution in [0.5, 0.6) is 0 Å². The van der Waals surface area contributed by atoms with Crippen molar-refractivity contribution < 1.29 is 9.13 Å². The highest BCUT2D eigenvalue weighted by atomic mass is 127. The largest absolute Gasteiger partial charge is 0.375 e. The van der Waals surface area contributed by atoms with Gasteiger partial charge < -0.3 is 15.0 Å². The van der Waals surface area contributed by atoms with Crippen molar-refractivity contribution in [3.05, 3.63) is 35.6 Å². The molecule has 2 rings (SSSR count). The lowest BCUT2D eigenvalue weighted by Gasteiger charge is -2.30. The van der Waals surface area contributed by atoms with E-state index >= 15 is 0 Å². The Labute approximate surface area is 174 Å². The average Bonchev–Trinajstić information content (AvgIpc) is 3.07. The Morgan fingerprint density at radius 3 is 2.69 bits per heavy atom. The van der Waals surface area contributed by atoms with E-state index < -0.39 is 0 Å². The van der Waals surface area contributed by atoms with Gasteiger partial charge in [0.2, 0.25) is 0 Å². The van der Waals surface area contributed by atoms with Gasteiger partial charge in [-0.2, -0.15) is 0 Å². The molecule has 1 saturated heterocycles. The smallest absolute Gasteiger partial charge is 0.193 e. The summed E-state index contributed by atoms with van der Waals surface area (Å²) in [7, 11) is 5.53. The standard InChI is InChI=1S/C19H31FN4O.HI/c1-5-24-12-6-7-17(24)14-23(3)19(21-2)22-13-18(25-4)15-8-10-16(20)11-9-15;/h8-11,17-18H,5-7,12-14H2,1-4H3,(H,21,22);1H. The molecule has 7 heteroatoms. The summed E-state index contributed by atoms with van der Waals surface area (Å²) >= 11 is 0. The first-order chi connectivity index (χ1) is 12.1. The SMILES string of the molecule is CCN1CCCC1CN(C)C(=NC)NCC(OC)c1ccc(F)cc1.I. The zero-order valence-corrected chi connectivity index (χ0v) is 18.6. The van der Waals surface area contributed by atoms with Crippen molar-refractivity contribution in [1.82, 2.24) is 15.1 Å². The van der Waals surface area contributed by atoms with Gasteiger partial charge >= 0.3 is 0 Å². The fraction of sp³-hybridized carbons (Fsp3) is 0.632. The van der Waals surface area contributed by atoms with E-state index in [1.165, 1.54) is 31.5 Å². The molecule has 0 bridgehead atoms. The summed E-state index contributed by atoms with van der Waals surface area (Å²) in [6, 6.07) is 7.03. The van der Waals surface area contributed by atoms with E-state index in [2.05, 4.69) is 34.1 Å². The Hall–Kier alpha value is -0.930. The van der Waals surface area contributed by atoms with Crippen LogP contribution >= 0.6 is 24.0 Å². The molecule has 1 N–H and O–H groups in total. The lowest BCUT2D eigenvalue weighted by atomic mass is 10.1. The zero-order valence-electron chi connectivity index (χ0n) is 16.2. The van der Waals surface area contributed by atoms with E-state index in [0.717, 1.165) is 24.6 Å². The van der Waals surface area contributed by atoms with E-state index in [4.69, 9.17) is 4.74 Å². The Morgan fingerprint density at radius 1 is 1.42 bits per heavy atom. The highest BCUT2D eigenvalue weighted by molar-refractivity contribution is 14.0. The van der Waals surface area contributed by atoms with Crippen molar-refractivity contribution in [3.63, 3.8) is 0 Å². The minimum absolute atomic E-state index is 0. The number of aliphatic imine (C=N–C) groups is 1. The molecule has 1 aliphatic heterocycles. The molecule has 1 heterocycles. The van der Waals surface area contributed by atoms with Crippen molar-refractivity contribution >= 4 is 29.9 Å². The number of rotatable bonds is 7. The van der Waals surface area contributed by atoms with Crippen LogP contribution in [0.3, 0.4) is 0 Å². The maximum atomic E-state index is 13.1. The van der Waals surface area contributed by atoms with Crippen LogP contribution in [-0.2, 0) is 4.74 Å². The number of likely N-dealkylation sites (tertiary alicyclic amines) is 1. The topological polar surface area (TPSA) is 40.1 Å². The third kappa shape index (κ3) is 6.35. The number of ether oxygens (including phenoxy) is 1. The van der Waals surface area contributed by atoms with Gasteiger partial charge in [-0.05, 0) is 43.6 Å². The minimum atomic E-state index is -0.237. The number of nitrogens with zero attached hydrogens (tertiary/aromatic N) is 3. The van der Waals surface area contributed by atoms with Gasteiger partial charge in [-0.25, -0.2) is 4.39 Å². The lowest BCUT2D eigenvalue weighted by molar-refractivity contribution is 0.105. The van der Waals surface area contributed by atoms with Gasteiger partial charge in [0.1, 0.15) is 5.82 Å². The zero-order chi connectivity index (χ0) is 18.2. The number of benzene rings is 1. The quantitative estimate of drug-likeness (QED) is 0.372. The summed E-state index contributed by atoms with van der Waals surface area (Å²) in [5, 5.41) is 3.38. The normalized spacial score (nSPS) is 19.1. The second kappa shape index (κ2) is 11.7. The predicted octanol–water partition coefficient (Wildman–Crippen LogP) is 3.12. The van der Waals surface area contributed by atoms with Crippen LogP contribution in [0.4, 0.5) is 4.39 Å². The molecule has 0 aromatic heterocycles. The number of halogens is 2. The molecule has 0 saturated carbocycles. The van der Waals surface area contributed by atoms with E-state index in [1.807, 2.05) is 0 Å². The van der Waals surface area contributed by atoms with Crippen molar-refractivity contribution in [2.75, 3.05) is 47.4 Å². The molecule has 0 radical (unpaired) electrons. The van der Waals surface area contributed by atoms with E-state index in [1.54, 1.807) is 26.3 Å².